The molecule has 2 aromatic carbocycles. The second kappa shape index (κ2) is 8.56. The number of rotatable bonds is 6. The smallest absolute Gasteiger partial charge is 0.119 e. The van der Waals surface area contributed by atoms with E-state index < -0.39 is 0 Å². The highest BCUT2D eigenvalue weighted by Gasteiger charge is 2.15. The number of ether oxygens (including phenoxy) is 1. The molecule has 0 aliphatic carbocycles. The van der Waals surface area contributed by atoms with E-state index in [9.17, 15) is 0 Å². The van der Waals surface area contributed by atoms with Crippen molar-refractivity contribution in [3.05, 3.63) is 59.7 Å². The van der Waals surface area contributed by atoms with Crippen LogP contribution >= 0.6 is 0 Å². The maximum absolute atomic E-state index is 5.61. The summed E-state index contributed by atoms with van der Waals surface area (Å²) in [5, 5.41) is 6.77. The number of anilines is 1. The van der Waals surface area contributed by atoms with Crippen LogP contribution in [-0.2, 0) is 0 Å². The second-order valence-electron chi connectivity index (χ2n) is 6.44. The zero-order valence-electron chi connectivity index (χ0n) is 15.2. The minimum Gasteiger partial charge on any atom is -0.494 e. The van der Waals surface area contributed by atoms with Gasteiger partial charge in [-0.15, -0.1) is 0 Å². The van der Waals surface area contributed by atoms with Crippen LogP contribution < -0.4 is 9.64 Å². The number of hydrogen-bond donors (Lipinski definition) is 0. The van der Waals surface area contributed by atoms with Gasteiger partial charge in [-0.25, -0.2) is 0 Å². The van der Waals surface area contributed by atoms with Gasteiger partial charge >= 0.3 is 0 Å². The highest BCUT2D eigenvalue weighted by molar-refractivity contribution is 5.79. The Balaban J connectivity index is 1.49. The Morgan fingerprint density at radius 2 is 1.64 bits per heavy atom. The van der Waals surface area contributed by atoms with Crippen molar-refractivity contribution in [2.45, 2.75) is 20.3 Å². The molecule has 1 aliphatic heterocycles. The van der Waals surface area contributed by atoms with Crippen LogP contribution in [-0.4, -0.2) is 44.0 Å². The minimum absolute atomic E-state index is 0.763. The first-order chi connectivity index (χ1) is 12.2. The number of hydrogen-bond acceptors (Lipinski definition) is 4. The van der Waals surface area contributed by atoms with Gasteiger partial charge in [0.05, 0.1) is 25.9 Å². The molecule has 0 unspecified atom stereocenters. The molecule has 2 aromatic rings. The van der Waals surface area contributed by atoms with E-state index in [0.717, 1.165) is 50.5 Å². The molecule has 4 heteroatoms. The van der Waals surface area contributed by atoms with E-state index in [0.29, 0.717) is 0 Å². The zero-order valence-corrected chi connectivity index (χ0v) is 15.2. The quantitative estimate of drug-likeness (QED) is 0.748. The van der Waals surface area contributed by atoms with Crippen molar-refractivity contribution in [2.75, 3.05) is 37.7 Å². The van der Waals surface area contributed by atoms with Gasteiger partial charge in [0, 0.05) is 18.8 Å². The number of nitrogens with zero attached hydrogens (tertiary/aromatic N) is 3. The summed E-state index contributed by atoms with van der Waals surface area (Å²) in [7, 11) is 0. The van der Waals surface area contributed by atoms with E-state index in [4.69, 9.17) is 4.74 Å². The van der Waals surface area contributed by atoms with Crippen LogP contribution in [0.5, 0.6) is 5.75 Å². The molecule has 0 saturated carbocycles. The fourth-order valence-electron chi connectivity index (χ4n) is 2.84. The summed E-state index contributed by atoms with van der Waals surface area (Å²) in [4.78, 5) is 2.42. The topological polar surface area (TPSA) is 28.1 Å². The maximum atomic E-state index is 5.61. The van der Waals surface area contributed by atoms with Gasteiger partial charge in [0.25, 0.3) is 0 Å². The van der Waals surface area contributed by atoms with E-state index in [2.05, 4.69) is 65.3 Å². The molecule has 0 radical (unpaired) electrons. The summed E-state index contributed by atoms with van der Waals surface area (Å²) in [5.74, 6) is 0.922. The highest BCUT2D eigenvalue weighted by atomic mass is 16.5. The summed E-state index contributed by atoms with van der Waals surface area (Å²) in [6.07, 6.45) is 2.96. The molecule has 3 rings (SSSR count). The molecule has 1 saturated heterocycles. The average molecular weight is 337 g/mol. The summed E-state index contributed by atoms with van der Waals surface area (Å²) < 4.78 is 5.61. The third-order valence-corrected chi connectivity index (χ3v) is 4.38. The molecular formula is C21H27N3O. The molecule has 0 amide bonds. The molecule has 0 atom stereocenters. The van der Waals surface area contributed by atoms with Crippen molar-refractivity contribution in [3.63, 3.8) is 0 Å². The summed E-state index contributed by atoms with van der Waals surface area (Å²) >= 11 is 0. The Morgan fingerprint density at radius 3 is 2.28 bits per heavy atom. The summed E-state index contributed by atoms with van der Waals surface area (Å²) in [5.41, 5.74) is 3.71. The van der Waals surface area contributed by atoms with Crippen LogP contribution in [0.25, 0.3) is 0 Å². The van der Waals surface area contributed by atoms with Crippen molar-refractivity contribution < 1.29 is 4.74 Å². The van der Waals surface area contributed by atoms with Gasteiger partial charge in [0.15, 0.2) is 0 Å². The van der Waals surface area contributed by atoms with Gasteiger partial charge in [-0.2, -0.15) is 5.10 Å². The van der Waals surface area contributed by atoms with Gasteiger partial charge < -0.3 is 9.64 Å². The molecule has 1 aliphatic rings. The molecule has 132 valence electrons. The first-order valence-electron chi connectivity index (χ1n) is 9.08. The van der Waals surface area contributed by atoms with Crippen molar-refractivity contribution in [1.29, 1.82) is 0 Å². The monoisotopic (exact) mass is 337 g/mol. The SMILES string of the molecule is CCCOc1ccc(C=NN2CCN(c3ccc(C)cc3)CC2)cc1. The van der Waals surface area contributed by atoms with Crippen molar-refractivity contribution >= 4 is 11.9 Å². The predicted molar refractivity (Wildman–Crippen MR) is 105 cm³/mol. The Hall–Kier alpha value is -2.49. The molecule has 0 spiro atoms. The average Bonchev–Trinajstić information content (AvgIpc) is 2.67. The van der Waals surface area contributed by atoms with Crippen LogP contribution in [0, 0.1) is 6.92 Å². The Morgan fingerprint density at radius 1 is 0.960 bits per heavy atom. The van der Waals surface area contributed by atoms with Crippen LogP contribution in [0.15, 0.2) is 53.6 Å². The number of benzene rings is 2. The van der Waals surface area contributed by atoms with Crippen LogP contribution in [0.4, 0.5) is 5.69 Å². The van der Waals surface area contributed by atoms with E-state index in [1.807, 2.05) is 18.3 Å². The largest absolute Gasteiger partial charge is 0.494 e. The lowest BCUT2D eigenvalue weighted by Crippen LogP contribution is -2.44. The number of piperazine rings is 1. The lowest BCUT2D eigenvalue weighted by Gasteiger charge is -2.34. The lowest BCUT2D eigenvalue weighted by atomic mass is 10.2. The molecule has 0 N–H and O–H groups in total. The molecule has 0 bridgehead atoms. The fraction of sp³-hybridized carbons (Fsp3) is 0.381. The number of aryl methyl sites for hydroxylation is 1. The van der Waals surface area contributed by atoms with Crippen LogP contribution in [0.3, 0.4) is 0 Å². The van der Waals surface area contributed by atoms with Crippen molar-refractivity contribution in [2.24, 2.45) is 5.10 Å². The molecule has 1 heterocycles. The first-order valence-corrected chi connectivity index (χ1v) is 9.08. The second-order valence-corrected chi connectivity index (χ2v) is 6.44. The van der Waals surface area contributed by atoms with E-state index in [1.165, 1.54) is 11.3 Å². The summed E-state index contributed by atoms with van der Waals surface area (Å²) in [6.45, 7) is 8.90. The number of hydrazone groups is 1. The van der Waals surface area contributed by atoms with Crippen molar-refractivity contribution in [3.8, 4) is 5.75 Å². The standard InChI is InChI=1S/C21H27N3O/c1-3-16-25-21-10-6-19(7-11-21)17-22-24-14-12-23(13-15-24)20-8-4-18(2)5-9-20/h4-11,17H,3,12-16H2,1-2H3. The molecule has 25 heavy (non-hydrogen) atoms. The Labute approximate surface area is 150 Å². The molecular weight excluding hydrogens is 310 g/mol. The Bertz CT molecular complexity index is 671. The Kier molecular flexibility index (Phi) is 5.94. The van der Waals surface area contributed by atoms with Crippen molar-refractivity contribution in [1.82, 2.24) is 5.01 Å². The van der Waals surface area contributed by atoms with Gasteiger partial charge in [-0.3, -0.25) is 5.01 Å². The van der Waals surface area contributed by atoms with Gasteiger partial charge in [-0.05, 0) is 55.3 Å². The minimum atomic E-state index is 0.763. The maximum Gasteiger partial charge on any atom is 0.119 e. The van der Waals surface area contributed by atoms with E-state index in [-0.39, 0.29) is 0 Å². The van der Waals surface area contributed by atoms with Crippen LogP contribution in [0.2, 0.25) is 0 Å². The normalized spacial score (nSPS) is 15.0. The molecule has 0 aromatic heterocycles. The third kappa shape index (κ3) is 4.99. The first kappa shape index (κ1) is 17.3. The summed E-state index contributed by atoms with van der Waals surface area (Å²) in [6, 6.07) is 16.9. The van der Waals surface area contributed by atoms with Crippen LogP contribution in [0.1, 0.15) is 24.5 Å². The van der Waals surface area contributed by atoms with Gasteiger partial charge in [0.1, 0.15) is 5.75 Å². The van der Waals surface area contributed by atoms with Gasteiger partial charge in [0.2, 0.25) is 0 Å². The highest BCUT2D eigenvalue weighted by Crippen LogP contribution is 2.17. The molecule has 1 fully saturated rings. The zero-order chi connectivity index (χ0) is 17.5. The van der Waals surface area contributed by atoms with E-state index >= 15 is 0 Å². The van der Waals surface area contributed by atoms with Gasteiger partial charge in [-0.1, -0.05) is 24.6 Å². The fourth-order valence-corrected chi connectivity index (χ4v) is 2.84. The van der Waals surface area contributed by atoms with E-state index in [1.54, 1.807) is 0 Å². The molecule has 4 nitrogen and oxygen atoms in total. The predicted octanol–water partition coefficient (Wildman–Crippen LogP) is 3.94. The third-order valence-electron chi connectivity index (χ3n) is 4.38. The lowest BCUT2D eigenvalue weighted by molar-refractivity contribution is 0.272.